The zero-order valence-corrected chi connectivity index (χ0v) is 17.6. The standard InChI is InChI=1S/C19H24ClF3N2O3S/c1-29(27,28)25(17-10-9-15(20)12-16(17)19(21,22)23)11-5-8-18(26)24-13-14-6-3-2-4-7-14/h6,9-10,12H,2-5,7-8,11,13H2,1H3,(H,24,26). The molecule has 0 unspecified atom stereocenters. The first-order valence-electron chi connectivity index (χ1n) is 9.27. The zero-order chi connectivity index (χ0) is 21.7. The molecular weight excluding hydrogens is 429 g/mol. The number of rotatable bonds is 8. The molecule has 0 fully saturated rings. The monoisotopic (exact) mass is 452 g/mol. The lowest BCUT2D eigenvalue weighted by molar-refractivity contribution is -0.137. The number of hydrogen-bond donors (Lipinski definition) is 1. The van der Waals surface area contributed by atoms with Crippen molar-refractivity contribution < 1.29 is 26.4 Å². The van der Waals surface area contributed by atoms with Crippen molar-refractivity contribution in [3.05, 3.63) is 40.4 Å². The Balaban J connectivity index is 2.04. The fourth-order valence-corrected chi connectivity index (χ4v) is 4.32. The van der Waals surface area contributed by atoms with E-state index in [1.165, 1.54) is 11.6 Å². The Bertz CT molecular complexity index is 870. The fourth-order valence-electron chi connectivity index (χ4n) is 3.17. The number of carbonyl (C=O) groups excluding carboxylic acids is 1. The molecule has 0 aromatic heterocycles. The summed E-state index contributed by atoms with van der Waals surface area (Å²) in [7, 11) is -3.99. The molecular formula is C19H24ClF3N2O3S. The molecule has 10 heteroatoms. The van der Waals surface area contributed by atoms with Crippen molar-refractivity contribution >= 4 is 33.2 Å². The number of benzene rings is 1. The highest BCUT2D eigenvalue weighted by atomic mass is 35.5. The van der Waals surface area contributed by atoms with Gasteiger partial charge in [-0.1, -0.05) is 23.3 Å². The summed E-state index contributed by atoms with van der Waals surface area (Å²) in [6.45, 7) is 0.198. The van der Waals surface area contributed by atoms with Crippen molar-refractivity contribution in [1.29, 1.82) is 0 Å². The SMILES string of the molecule is CS(=O)(=O)N(CCCC(=O)NCC1=CCCCC1)c1ccc(Cl)cc1C(F)(F)F. The summed E-state index contributed by atoms with van der Waals surface area (Å²) >= 11 is 5.66. The fraction of sp³-hybridized carbons (Fsp3) is 0.526. The predicted octanol–water partition coefficient (Wildman–Crippen LogP) is 4.52. The van der Waals surface area contributed by atoms with Gasteiger partial charge in [0.1, 0.15) is 0 Å². The van der Waals surface area contributed by atoms with Gasteiger partial charge in [-0.05, 0) is 50.3 Å². The number of alkyl halides is 3. The molecule has 29 heavy (non-hydrogen) atoms. The Morgan fingerprint density at radius 2 is 2.00 bits per heavy atom. The Kier molecular flexibility index (Phi) is 7.99. The predicted molar refractivity (Wildman–Crippen MR) is 107 cm³/mol. The average molecular weight is 453 g/mol. The molecule has 1 N–H and O–H groups in total. The van der Waals surface area contributed by atoms with Gasteiger partial charge in [-0.2, -0.15) is 13.2 Å². The van der Waals surface area contributed by atoms with Gasteiger partial charge < -0.3 is 5.32 Å². The number of allylic oxidation sites excluding steroid dienone is 1. The van der Waals surface area contributed by atoms with Crippen LogP contribution in [0.15, 0.2) is 29.8 Å². The highest BCUT2D eigenvalue weighted by molar-refractivity contribution is 7.92. The lowest BCUT2D eigenvalue weighted by Crippen LogP contribution is -2.34. The van der Waals surface area contributed by atoms with Crippen LogP contribution in [0.3, 0.4) is 0 Å². The number of anilines is 1. The van der Waals surface area contributed by atoms with Crippen LogP contribution < -0.4 is 9.62 Å². The van der Waals surface area contributed by atoms with Gasteiger partial charge in [0, 0.05) is 24.5 Å². The number of nitrogens with one attached hydrogen (secondary N) is 1. The van der Waals surface area contributed by atoms with Crippen molar-refractivity contribution in [1.82, 2.24) is 5.32 Å². The zero-order valence-electron chi connectivity index (χ0n) is 16.1. The third-order valence-electron chi connectivity index (χ3n) is 4.60. The molecule has 0 atom stereocenters. The van der Waals surface area contributed by atoms with Crippen LogP contribution in [0.5, 0.6) is 0 Å². The summed E-state index contributed by atoms with van der Waals surface area (Å²) in [5, 5.41) is 2.63. The molecule has 0 spiro atoms. The normalized spacial score (nSPS) is 15.0. The van der Waals surface area contributed by atoms with Crippen LogP contribution in [-0.4, -0.2) is 33.7 Å². The number of hydrogen-bond acceptors (Lipinski definition) is 3. The molecule has 0 heterocycles. The summed E-state index contributed by atoms with van der Waals surface area (Å²) in [6, 6.07) is 2.93. The number of halogens is 4. The van der Waals surface area contributed by atoms with E-state index in [0.717, 1.165) is 38.0 Å². The molecule has 2 rings (SSSR count). The van der Waals surface area contributed by atoms with Crippen LogP contribution in [0, 0.1) is 0 Å². The molecule has 1 aromatic carbocycles. The molecule has 0 saturated heterocycles. The minimum Gasteiger partial charge on any atom is -0.352 e. The van der Waals surface area contributed by atoms with Gasteiger partial charge in [0.2, 0.25) is 15.9 Å². The van der Waals surface area contributed by atoms with E-state index in [9.17, 15) is 26.4 Å². The van der Waals surface area contributed by atoms with Gasteiger partial charge in [0.25, 0.3) is 0 Å². The Morgan fingerprint density at radius 1 is 1.28 bits per heavy atom. The third kappa shape index (κ3) is 7.22. The smallest absolute Gasteiger partial charge is 0.352 e. The van der Waals surface area contributed by atoms with Gasteiger partial charge in [0.05, 0.1) is 17.5 Å². The highest BCUT2D eigenvalue weighted by Gasteiger charge is 2.36. The van der Waals surface area contributed by atoms with Crippen LogP contribution in [0.25, 0.3) is 0 Å². The van der Waals surface area contributed by atoms with Gasteiger partial charge in [-0.25, -0.2) is 8.42 Å². The van der Waals surface area contributed by atoms with E-state index >= 15 is 0 Å². The van der Waals surface area contributed by atoms with E-state index in [1.54, 1.807) is 0 Å². The molecule has 1 aromatic rings. The Morgan fingerprint density at radius 3 is 2.59 bits per heavy atom. The van der Waals surface area contributed by atoms with E-state index in [1.807, 2.05) is 0 Å². The lowest BCUT2D eigenvalue weighted by Gasteiger charge is -2.26. The summed E-state index contributed by atoms with van der Waals surface area (Å²) < 4.78 is 65.0. The molecule has 0 aliphatic heterocycles. The van der Waals surface area contributed by atoms with Crippen molar-refractivity contribution in [2.45, 2.75) is 44.7 Å². The lowest BCUT2D eigenvalue weighted by atomic mass is 10.00. The van der Waals surface area contributed by atoms with Crippen LogP contribution in [0.1, 0.15) is 44.1 Å². The second-order valence-corrected chi connectivity index (χ2v) is 9.33. The maximum atomic E-state index is 13.4. The van der Waals surface area contributed by atoms with Crippen LogP contribution in [0.4, 0.5) is 18.9 Å². The molecule has 0 bridgehead atoms. The van der Waals surface area contributed by atoms with Crippen LogP contribution in [0.2, 0.25) is 5.02 Å². The molecule has 162 valence electrons. The van der Waals surface area contributed by atoms with Crippen molar-refractivity contribution in [3.63, 3.8) is 0 Å². The highest BCUT2D eigenvalue weighted by Crippen LogP contribution is 2.39. The van der Waals surface area contributed by atoms with Gasteiger partial charge in [0.15, 0.2) is 0 Å². The first-order valence-corrected chi connectivity index (χ1v) is 11.5. The summed E-state index contributed by atoms with van der Waals surface area (Å²) in [5.74, 6) is -0.267. The average Bonchev–Trinajstić information content (AvgIpc) is 2.63. The van der Waals surface area contributed by atoms with Crippen molar-refractivity contribution in [2.24, 2.45) is 0 Å². The maximum absolute atomic E-state index is 13.4. The first-order chi connectivity index (χ1) is 13.5. The second kappa shape index (κ2) is 9.84. The van der Waals surface area contributed by atoms with Crippen LogP contribution in [-0.2, 0) is 21.0 Å². The quantitative estimate of drug-likeness (QED) is 0.589. The molecule has 1 aliphatic rings. The summed E-state index contributed by atoms with van der Waals surface area (Å²) in [5.41, 5.74) is -0.473. The topological polar surface area (TPSA) is 66.5 Å². The van der Waals surface area contributed by atoms with E-state index in [0.29, 0.717) is 16.9 Å². The maximum Gasteiger partial charge on any atom is 0.418 e. The largest absolute Gasteiger partial charge is 0.418 e. The van der Waals surface area contributed by atoms with E-state index in [2.05, 4.69) is 11.4 Å². The van der Waals surface area contributed by atoms with Crippen molar-refractivity contribution in [2.75, 3.05) is 23.7 Å². The van der Waals surface area contributed by atoms with Gasteiger partial charge >= 0.3 is 6.18 Å². The first kappa shape index (κ1) is 23.5. The summed E-state index contributed by atoms with van der Waals surface area (Å²) in [6.07, 6.45) is 2.43. The molecule has 1 aliphatic carbocycles. The molecule has 1 amide bonds. The second-order valence-electron chi connectivity index (χ2n) is 6.98. The molecule has 0 radical (unpaired) electrons. The third-order valence-corrected chi connectivity index (χ3v) is 6.01. The Labute approximate surface area is 174 Å². The minimum absolute atomic E-state index is 0.00818. The number of nitrogens with zero attached hydrogens (tertiary/aromatic N) is 1. The van der Waals surface area contributed by atoms with E-state index in [4.69, 9.17) is 11.6 Å². The van der Waals surface area contributed by atoms with E-state index in [-0.39, 0.29) is 30.3 Å². The minimum atomic E-state index is -4.77. The number of carbonyl (C=O) groups is 1. The van der Waals surface area contributed by atoms with E-state index < -0.39 is 27.5 Å². The van der Waals surface area contributed by atoms with Gasteiger partial charge in [-0.3, -0.25) is 9.10 Å². The Hall–Kier alpha value is -1.74. The molecule has 0 saturated carbocycles. The number of sulfonamides is 1. The van der Waals surface area contributed by atoms with Gasteiger partial charge in [-0.15, -0.1) is 0 Å². The summed E-state index contributed by atoms with van der Waals surface area (Å²) in [4.78, 5) is 12.0. The molecule has 5 nitrogen and oxygen atoms in total. The van der Waals surface area contributed by atoms with Crippen LogP contribution >= 0.6 is 11.6 Å². The van der Waals surface area contributed by atoms with Crippen molar-refractivity contribution in [3.8, 4) is 0 Å². The number of amides is 1.